The first-order chi connectivity index (χ1) is 15.4. The quantitative estimate of drug-likeness (QED) is 0.668. The molecule has 1 saturated heterocycles. The SMILES string of the molecule is O=C(c1cc2n(n1)[C@@H](C(F)(F)F)C[C@H](c1ccco1)N2)N1CCN(c2cccc[nH+]2)CC1. The number of halogens is 3. The zero-order valence-corrected chi connectivity index (χ0v) is 17.0. The van der Waals surface area contributed by atoms with Crippen LogP contribution in [0.1, 0.15) is 34.8 Å². The van der Waals surface area contributed by atoms with Crippen LogP contribution in [0.15, 0.2) is 53.3 Å². The monoisotopic (exact) mass is 447 g/mol. The normalized spacial score (nSPS) is 21.2. The Morgan fingerprint density at radius 3 is 2.62 bits per heavy atom. The van der Waals surface area contributed by atoms with Gasteiger partial charge in [0, 0.05) is 18.6 Å². The van der Waals surface area contributed by atoms with Gasteiger partial charge in [0.1, 0.15) is 24.7 Å². The molecular formula is C21H22F3N6O2+. The number of hydrogen-bond donors (Lipinski definition) is 1. The van der Waals surface area contributed by atoms with E-state index in [2.05, 4.69) is 20.3 Å². The average Bonchev–Trinajstić information content (AvgIpc) is 3.48. The summed E-state index contributed by atoms with van der Waals surface area (Å²) in [6.07, 6.45) is -1.52. The molecule has 0 unspecified atom stereocenters. The van der Waals surface area contributed by atoms with E-state index in [1.54, 1.807) is 17.0 Å². The zero-order valence-electron chi connectivity index (χ0n) is 17.0. The molecule has 32 heavy (non-hydrogen) atoms. The average molecular weight is 447 g/mol. The Hall–Kier alpha value is -3.50. The number of aromatic nitrogens is 3. The maximum absolute atomic E-state index is 13.8. The van der Waals surface area contributed by atoms with Gasteiger partial charge in [-0.25, -0.2) is 9.67 Å². The molecule has 1 amide bonds. The molecule has 8 nitrogen and oxygen atoms in total. The lowest BCUT2D eigenvalue weighted by atomic mass is 10.0. The molecular weight excluding hydrogens is 425 g/mol. The highest BCUT2D eigenvalue weighted by Crippen LogP contribution is 2.43. The van der Waals surface area contributed by atoms with Crippen LogP contribution in [0.2, 0.25) is 0 Å². The first kappa shape index (κ1) is 20.4. The summed E-state index contributed by atoms with van der Waals surface area (Å²) in [5, 5.41) is 7.09. The molecule has 2 aliphatic rings. The molecule has 0 aromatic carbocycles. The van der Waals surface area contributed by atoms with Crippen LogP contribution in [-0.2, 0) is 0 Å². The Kier molecular flexibility index (Phi) is 5.03. The number of nitrogens with one attached hydrogen (secondary N) is 2. The Bertz CT molecular complexity index is 1070. The molecule has 1 fully saturated rings. The number of fused-ring (bicyclic) bond motifs is 1. The van der Waals surface area contributed by atoms with Gasteiger partial charge in [0.25, 0.3) is 11.7 Å². The minimum absolute atomic E-state index is 0.00145. The van der Waals surface area contributed by atoms with Gasteiger partial charge in [0.15, 0.2) is 11.7 Å². The van der Waals surface area contributed by atoms with Crippen LogP contribution in [0.3, 0.4) is 0 Å². The predicted molar refractivity (Wildman–Crippen MR) is 108 cm³/mol. The van der Waals surface area contributed by atoms with E-state index in [4.69, 9.17) is 4.42 Å². The summed E-state index contributed by atoms with van der Waals surface area (Å²) in [7, 11) is 0. The van der Waals surface area contributed by atoms with E-state index in [0.29, 0.717) is 31.9 Å². The number of anilines is 2. The van der Waals surface area contributed by atoms with E-state index >= 15 is 0 Å². The van der Waals surface area contributed by atoms with Crippen molar-refractivity contribution >= 4 is 17.5 Å². The molecule has 0 bridgehead atoms. The van der Waals surface area contributed by atoms with Crippen LogP contribution in [0, 0.1) is 0 Å². The van der Waals surface area contributed by atoms with Gasteiger partial charge in [-0.2, -0.15) is 18.3 Å². The molecule has 2 aliphatic heterocycles. The molecule has 2 atom stereocenters. The first-order valence-electron chi connectivity index (χ1n) is 10.4. The smallest absolute Gasteiger partial charge is 0.410 e. The number of hydrogen-bond acceptors (Lipinski definition) is 5. The number of nitrogens with zero attached hydrogens (tertiary/aromatic N) is 4. The molecule has 5 heterocycles. The largest absolute Gasteiger partial charge is 0.467 e. The number of furan rings is 1. The highest BCUT2D eigenvalue weighted by Gasteiger charge is 2.47. The van der Waals surface area contributed by atoms with Crippen molar-refractivity contribution < 1.29 is 27.4 Å². The van der Waals surface area contributed by atoms with Crippen LogP contribution in [0.25, 0.3) is 0 Å². The molecule has 0 spiro atoms. The number of amides is 1. The number of aromatic amines is 1. The summed E-state index contributed by atoms with van der Waals surface area (Å²) in [5.41, 5.74) is 0.00145. The summed E-state index contributed by atoms with van der Waals surface area (Å²) in [6.45, 7) is 2.14. The van der Waals surface area contributed by atoms with Crippen molar-refractivity contribution in [3.8, 4) is 0 Å². The summed E-state index contributed by atoms with van der Waals surface area (Å²) < 4.78 is 47.5. The molecule has 0 radical (unpaired) electrons. The van der Waals surface area contributed by atoms with E-state index in [0.717, 1.165) is 10.5 Å². The molecule has 0 aliphatic carbocycles. The van der Waals surface area contributed by atoms with Gasteiger partial charge >= 0.3 is 6.18 Å². The van der Waals surface area contributed by atoms with Gasteiger partial charge in [-0.05, 0) is 18.2 Å². The van der Waals surface area contributed by atoms with E-state index < -0.39 is 18.3 Å². The van der Waals surface area contributed by atoms with E-state index in [1.165, 1.54) is 12.3 Å². The third-order valence-electron chi connectivity index (χ3n) is 5.90. The summed E-state index contributed by atoms with van der Waals surface area (Å²) in [4.78, 5) is 19.9. The standard InChI is InChI=1S/C21H21F3N6O2/c22-21(23,24)17-12-14(16-4-3-11-32-16)26-19-13-15(27-30(17)19)20(31)29-9-7-28(8-10-29)18-5-1-2-6-25-18/h1-6,11,13-14,17,26H,7-10,12H2/p+1/t14-,17-/m1/s1. The van der Waals surface area contributed by atoms with Crippen LogP contribution in [0.4, 0.5) is 24.8 Å². The lowest BCUT2D eigenvalue weighted by molar-refractivity contribution is -0.364. The van der Waals surface area contributed by atoms with Crippen molar-refractivity contribution in [2.45, 2.75) is 24.7 Å². The number of H-pyrrole nitrogens is 1. The minimum Gasteiger partial charge on any atom is -0.467 e. The van der Waals surface area contributed by atoms with Gasteiger partial charge in [-0.15, -0.1) is 0 Å². The lowest BCUT2D eigenvalue weighted by Crippen LogP contribution is -2.50. The van der Waals surface area contributed by atoms with Gasteiger partial charge in [-0.1, -0.05) is 6.07 Å². The molecule has 2 N–H and O–H groups in total. The second-order valence-corrected chi connectivity index (χ2v) is 7.89. The number of alkyl halides is 3. The third kappa shape index (κ3) is 3.78. The predicted octanol–water partition coefficient (Wildman–Crippen LogP) is 2.91. The number of piperazine rings is 1. The fourth-order valence-corrected chi connectivity index (χ4v) is 4.25. The fourth-order valence-electron chi connectivity index (χ4n) is 4.25. The molecule has 3 aromatic heterocycles. The second kappa shape index (κ2) is 7.88. The van der Waals surface area contributed by atoms with Crippen molar-refractivity contribution in [1.82, 2.24) is 14.7 Å². The van der Waals surface area contributed by atoms with Crippen molar-refractivity contribution in [2.75, 3.05) is 36.4 Å². The van der Waals surface area contributed by atoms with Crippen molar-refractivity contribution in [2.24, 2.45) is 0 Å². The van der Waals surface area contributed by atoms with Gasteiger partial charge in [0.05, 0.1) is 31.6 Å². The molecule has 0 saturated carbocycles. The molecule has 5 rings (SSSR count). The minimum atomic E-state index is -4.51. The van der Waals surface area contributed by atoms with Crippen molar-refractivity contribution in [3.05, 3.63) is 60.3 Å². The number of carbonyl (C=O) groups is 1. The Labute approximate surface area is 181 Å². The van der Waals surface area contributed by atoms with Crippen LogP contribution >= 0.6 is 0 Å². The summed E-state index contributed by atoms with van der Waals surface area (Å²) >= 11 is 0. The van der Waals surface area contributed by atoms with Crippen molar-refractivity contribution in [3.63, 3.8) is 0 Å². The number of pyridine rings is 1. The molecule has 3 aromatic rings. The number of rotatable bonds is 3. The Morgan fingerprint density at radius 1 is 1.16 bits per heavy atom. The van der Waals surface area contributed by atoms with Gasteiger partial charge < -0.3 is 14.6 Å². The third-order valence-corrected chi connectivity index (χ3v) is 5.90. The second-order valence-electron chi connectivity index (χ2n) is 7.89. The fraction of sp³-hybridized carbons (Fsp3) is 0.381. The Morgan fingerprint density at radius 2 is 1.97 bits per heavy atom. The summed E-state index contributed by atoms with van der Waals surface area (Å²) in [6, 6.07) is 7.93. The topological polar surface area (TPSA) is 80.7 Å². The van der Waals surface area contributed by atoms with E-state index in [-0.39, 0.29) is 23.8 Å². The van der Waals surface area contributed by atoms with E-state index in [1.807, 2.05) is 24.4 Å². The zero-order chi connectivity index (χ0) is 22.3. The summed E-state index contributed by atoms with van der Waals surface area (Å²) in [5.74, 6) is 1.15. The van der Waals surface area contributed by atoms with Gasteiger partial charge in [-0.3, -0.25) is 9.69 Å². The highest BCUT2D eigenvalue weighted by atomic mass is 19.4. The van der Waals surface area contributed by atoms with Crippen LogP contribution < -0.4 is 15.2 Å². The highest BCUT2D eigenvalue weighted by molar-refractivity contribution is 5.93. The van der Waals surface area contributed by atoms with Gasteiger partial charge in [0.2, 0.25) is 0 Å². The van der Waals surface area contributed by atoms with Crippen molar-refractivity contribution in [1.29, 1.82) is 0 Å². The van der Waals surface area contributed by atoms with E-state index in [9.17, 15) is 18.0 Å². The maximum atomic E-state index is 13.8. The lowest BCUT2D eigenvalue weighted by Gasteiger charge is -2.32. The number of carbonyl (C=O) groups excluding carboxylic acids is 1. The first-order valence-corrected chi connectivity index (χ1v) is 10.4. The van der Waals surface area contributed by atoms with Crippen LogP contribution in [-0.4, -0.2) is 52.9 Å². The molecule has 11 heteroatoms. The van der Waals surface area contributed by atoms with Crippen LogP contribution in [0.5, 0.6) is 0 Å². The molecule has 168 valence electrons. The maximum Gasteiger partial charge on any atom is 0.410 e. The Balaban J connectivity index is 1.34.